The summed E-state index contributed by atoms with van der Waals surface area (Å²) in [5.41, 5.74) is 6.68. The highest BCUT2D eigenvalue weighted by Crippen LogP contribution is 2.34. The van der Waals surface area contributed by atoms with Crippen molar-refractivity contribution in [3.05, 3.63) is 65.4 Å². The van der Waals surface area contributed by atoms with E-state index in [-0.39, 0.29) is 34.8 Å². The van der Waals surface area contributed by atoms with Crippen LogP contribution in [0.2, 0.25) is 0 Å². The standard InChI is InChI=1S/C24H22F4N6/c25-14-7-15-16(9-30-22(15)17(26)8-14)23-31-10-18(27)20(33-23)5-12-2-1-3-13(4-12)6-21-19(28)11-32-24(29)34-21/h7-13,30H,1-6H2,(H2,29,32,34)/t12-,13+/m0/s1. The third-order valence-electron chi connectivity index (χ3n) is 6.45. The molecule has 0 saturated heterocycles. The number of nitrogens with zero attached hydrogens (tertiary/aromatic N) is 4. The van der Waals surface area contributed by atoms with Gasteiger partial charge in [0.1, 0.15) is 11.6 Å². The summed E-state index contributed by atoms with van der Waals surface area (Å²) >= 11 is 0. The first-order chi connectivity index (χ1) is 16.4. The van der Waals surface area contributed by atoms with E-state index in [1.807, 2.05) is 0 Å². The maximum Gasteiger partial charge on any atom is 0.220 e. The molecule has 10 heteroatoms. The van der Waals surface area contributed by atoms with Gasteiger partial charge in [-0.2, -0.15) is 0 Å². The normalized spacial score (nSPS) is 18.5. The number of fused-ring (bicyclic) bond motifs is 1. The van der Waals surface area contributed by atoms with E-state index < -0.39 is 23.3 Å². The Labute approximate surface area is 192 Å². The summed E-state index contributed by atoms with van der Waals surface area (Å²) in [6.45, 7) is 0. The molecule has 0 amide bonds. The van der Waals surface area contributed by atoms with Crippen molar-refractivity contribution >= 4 is 16.9 Å². The van der Waals surface area contributed by atoms with Crippen LogP contribution in [0.4, 0.5) is 23.5 Å². The Hall–Kier alpha value is -3.56. The van der Waals surface area contributed by atoms with Gasteiger partial charge in [-0.3, -0.25) is 0 Å². The maximum atomic E-state index is 14.6. The lowest BCUT2D eigenvalue weighted by molar-refractivity contribution is 0.258. The molecule has 2 atom stereocenters. The van der Waals surface area contributed by atoms with E-state index >= 15 is 0 Å². The van der Waals surface area contributed by atoms with E-state index in [2.05, 4.69) is 24.9 Å². The number of benzene rings is 1. The van der Waals surface area contributed by atoms with Gasteiger partial charge >= 0.3 is 0 Å². The van der Waals surface area contributed by atoms with Crippen LogP contribution >= 0.6 is 0 Å². The zero-order valence-corrected chi connectivity index (χ0v) is 18.2. The average Bonchev–Trinajstić information content (AvgIpc) is 3.22. The van der Waals surface area contributed by atoms with E-state index in [9.17, 15) is 17.6 Å². The van der Waals surface area contributed by atoms with Gasteiger partial charge in [0, 0.05) is 23.2 Å². The van der Waals surface area contributed by atoms with Gasteiger partial charge in [-0.05, 0) is 37.2 Å². The van der Waals surface area contributed by atoms with Crippen molar-refractivity contribution in [2.24, 2.45) is 11.8 Å². The summed E-state index contributed by atoms with van der Waals surface area (Å²) in [4.78, 5) is 18.9. The molecule has 0 unspecified atom stereocenters. The average molecular weight is 470 g/mol. The van der Waals surface area contributed by atoms with Gasteiger partial charge in [-0.25, -0.2) is 37.5 Å². The Bertz CT molecular complexity index is 1360. The van der Waals surface area contributed by atoms with Crippen LogP contribution in [0.15, 0.2) is 30.7 Å². The molecule has 3 N–H and O–H groups in total. The maximum absolute atomic E-state index is 14.6. The fourth-order valence-corrected chi connectivity index (χ4v) is 4.90. The van der Waals surface area contributed by atoms with Crippen LogP contribution in [0.25, 0.3) is 22.3 Å². The minimum Gasteiger partial charge on any atom is -0.368 e. The third kappa shape index (κ3) is 4.44. The van der Waals surface area contributed by atoms with Crippen LogP contribution in [-0.2, 0) is 12.8 Å². The van der Waals surface area contributed by atoms with Crippen LogP contribution < -0.4 is 5.73 Å². The van der Waals surface area contributed by atoms with Gasteiger partial charge in [0.15, 0.2) is 17.5 Å². The summed E-state index contributed by atoms with van der Waals surface area (Å²) < 4.78 is 56.5. The van der Waals surface area contributed by atoms with Crippen molar-refractivity contribution in [2.45, 2.75) is 38.5 Å². The lowest BCUT2D eigenvalue weighted by atomic mass is 9.77. The molecule has 1 fully saturated rings. The summed E-state index contributed by atoms with van der Waals surface area (Å²) in [7, 11) is 0. The Morgan fingerprint density at radius 2 is 1.56 bits per heavy atom. The van der Waals surface area contributed by atoms with Crippen molar-refractivity contribution in [3.8, 4) is 11.4 Å². The highest BCUT2D eigenvalue weighted by molar-refractivity contribution is 5.94. The molecule has 1 aromatic carbocycles. The molecule has 0 aliphatic heterocycles. The number of hydrogen-bond donors (Lipinski definition) is 2. The van der Waals surface area contributed by atoms with Crippen molar-refractivity contribution in [2.75, 3.05) is 5.73 Å². The third-order valence-corrected chi connectivity index (χ3v) is 6.45. The molecule has 176 valence electrons. The molecule has 1 aliphatic carbocycles. The lowest BCUT2D eigenvalue weighted by Gasteiger charge is -2.29. The minimum absolute atomic E-state index is 0.0383. The first-order valence-corrected chi connectivity index (χ1v) is 11.1. The number of rotatable bonds is 5. The molecule has 34 heavy (non-hydrogen) atoms. The Morgan fingerprint density at radius 1 is 0.882 bits per heavy atom. The number of nitrogen functional groups attached to an aromatic ring is 1. The van der Waals surface area contributed by atoms with E-state index in [0.29, 0.717) is 29.5 Å². The van der Waals surface area contributed by atoms with Gasteiger partial charge in [-0.1, -0.05) is 19.3 Å². The molecule has 1 aliphatic rings. The van der Waals surface area contributed by atoms with Crippen LogP contribution in [0.1, 0.15) is 37.1 Å². The van der Waals surface area contributed by atoms with Gasteiger partial charge in [0.05, 0.1) is 29.3 Å². The predicted molar refractivity (Wildman–Crippen MR) is 118 cm³/mol. The molecule has 1 saturated carbocycles. The van der Waals surface area contributed by atoms with E-state index in [0.717, 1.165) is 44.1 Å². The topological polar surface area (TPSA) is 93.4 Å². The predicted octanol–water partition coefficient (Wildman–Crippen LogP) is 5.15. The summed E-state index contributed by atoms with van der Waals surface area (Å²) in [5.74, 6) is -1.88. The molecule has 0 bridgehead atoms. The van der Waals surface area contributed by atoms with E-state index in [4.69, 9.17) is 5.73 Å². The summed E-state index contributed by atoms with van der Waals surface area (Å²) in [5, 5.41) is 0.291. The molecule has 6 nitrogen and oxygen atoms in total. The minimum atomic E-state index is -0.723. The van der Waals surface area contributed by atoms with Crippen molar-refractivity contribution in [1.29, 1.82) is 0 Å². The first kappa shape index (κ1) is 22.2. The molecule has 4 aromatic rings. The number of nitrogens with one attached hydrogen (secondary N) is 1. The van der Waals surface area contributed by atoms with E-state index in [1.165, 1.54) is 12.3 Å². The van der Waals surface area contributed by atoms with Crippen LogP contribution in [0.5, 0.6) is 0 Å². The van der Waals surface area contributed by atoms with Crippen molar-refractivity contribution < 1.29 is 17.6 Å². The molecular formula is C24H22F4N6. The van der Waals surface area contributed by atoms with Gasteiger partial charge in [0.2, 0.25) is 5.95 Å². The van der Waals surface area contributed by atoms with Crippen molar-refractivity contribution in [1.82, 2.24) is 24.9 Å². The monoisotopic (exact) mass is 470 g/mol. The fraction of sp³-hybridized carbons (Fsp3) is 0.333. The van der Waals surface area contributed by atoms with Crippen LogP contribution in [0.3, 0.4) is 0 Å². The number of aromatic amines is 1. The number of anilines is 1. The molecule has 5 rings (SSSR count). The highest BCUT2D eigenvalue weighted by Gasteiger charge is 2.26. The zero-order valence-electron chi connectivity index (χ0n) is 18.2. The Kier molecular flexibility index (Phi) is 5.89. The second kappa shape index (κ2) is 9.00. The molecular weight excluding hydrogens is 448 g/mol. The largest absolute Gasteiger partial charge is 0.368 e. The quantitative estimate of drug-likeness (QED) is 0.394. The molecule has 0 radical (unpaired) electrons. The van der Waals surface area contributed by atoms with Crippen LogP contribution in [-0.4, -0.2) is 24.9 Å². The van der Waals surface area contributed by atoms with Gasteiger partial charge < -0.3 is 10.7 Å². The van der Waals surface area contributed by atoms with Crippen LogP contribution in [0, 0.1) is 35.1 Å². The lowest BCUT2D eigenvalue weighted by Crippen LogP contribution is -2.21. The number of nitrogens with two attached hydrogens (primary N) is 1. The highest BCUT2D eigenvalue weighted by atomic mass is 19.1. The molecule has 0 spiro atoms. The van der Waals surface area contributed by atoms with Crippen molar-refractivity contribution in [3.63, 3.8) is 0 Å². The fourth-order valence-electron chi connectivity index (χ4n) is 4.90. The number of halogens is 4. The zero-order chi connectivity index (χ0) is 23.8. The number of aromatic nitrogens is 5. The van der Waals surface area contributed by atoms with Gasteiger partial charge in [0.25, 0.3) is 0 Å². The first-order valence-electron chi connectivity index (χ1n) is 11.1. The number of H-pyrrole nitrogens is 1. The second-order valence-electron chi connectivity index (χ2n) is 8.83. The summed E-state index contributed by atoms with van der Waals surface area (Å²) in [6, 6.07) is 1.99. The molecule has 3 aromatic heterocycles. The number of hydrogen-bond acceptors (Lipinski definition) is 5. The van der Waals surface area contributed by atoms with E-state index in [1.54, 1.807) is 0 Å². The SMILES string of the molecule is Nc1ncc(F)c(C[C@@H]2CCC[C@H](Cc3nc(-c4c[nH]c5c(F)cc(F)cc45)ncc3F)C2)n1. The smallest absolute Gasteiger partial charge is 0.220 e. The Morgan fingerprint density at radius 3 is 2.29 bits per heavy atom. The molecule has 3 heterocycles. The Balaban J connectivity index is 1.36. The second-order valence-corrected chi connectivity index (χ2v) is 8.83. The van der Waals surface area contributed by atoms with Gasteiger partial charge in [-0.15, -0.1) is 0 Å². The summed E-state index contributed by atoms with van der Waals surface area (Å²) in [6.07, 6.45) is 8.00.